The monoisotopic (exact) mass is 371 g/mol. The van der Waals surface area contributed by atoms with E-state index in [1.165, 1.54) is 29.7 Å². The molecule has 0 radical (unpaired) electrons. The number of hydrogen-bond donors (Lipinski definition) is 1. The van der Waals surface area contributed by atoms with Crippen LogP contribution in [0.15, 0.2) is 52.5 Å². The first-order valence-electron chi connectivity index (χ1n) is 8.50. The summed E-state index contributed by atoms with van der Waals surface area (Å²) in [7, 11) is 0. The Hall–Kier alpha value is -2.67. The molecule has 1 fully saturated rings. The third kappa shape index (κ3) is 3.62. The molecule has 1 aliphatic heterocycles. The smallest absolute Gasteiger partial charge is 0.289 e. The lowest BCUT2D eigenvalue weighted by Crippen LogP contribution is -2.42. The normalized spacial score (nSPS) is 15.2. The van der Waals surface area contributed by atoms with Crippen LogP contribution in [0.3, 0.4) is 0 Å². The summed E-state index contributed by atoms with van der Waals surface area (Å²) in [4.78, 5) is 18.7. The van der Waals surface area contributed by atoms with Gasteiger partial charge in [-0.3, -0.25) is 4.79 Å². The molecule has 1 amide bonds. The van der Waals surface area contributed by atoms with E-state index in [-0.39, 0.29) is 17.8 Å². The molecule has 0 spiro atoms. The average molecular weight is 371 g/mol. The second-order valence-electron chi connectivity index (χ2n) is 6.23. The van der Waals surface area contributed by atoms with Crippen molar-refractivity contribution < 1.29 is 13.6 Å². The number of carbonyl (C=O) groups is 1. The molecule has 4 rings (SSSR count). The Morgan fingerprint density at radius 3 is 2.69 bits per heavy atom. The number of amides is 1. The molecule has 5 nitrogen and oxygen atoms in total. The van der Waals surface area contributed by atoms with Crippen LogP contribution in [0.25, 0.3) is 11.3 Å². The van der Waals surface area contributed by atoms with Gasteiger partial charge in [-0.05, 0) is 49.2 Å². The minimum Gasteiger partial charge on any atom is -0.459 e. The van der Waals surface area contributed by atoms with Crippen LogP contribution < -0.4 is 5.32 Å². The molecular weight excluding hydrogens is 353 g/mol. The third-order valence-electron chi connectivity index (χ3n) is 4.49. The van der Waals surface area contributed by atoms with Crippen molar-refractivity contribution in [1.29, 1.82) is 0 Å². The molecule has 1 aromatic carbocycles. The van der Waals surface area contributed by atoms with E-state index in [2.05, 4.69) is 10.3 Å². The van der Waals surface area contributed by atoms with E-state index in [0.717, 1.165) is 29.2 Å². The number of rotatable bonds is 4. The van der Waals surface area contributed by atoms with Gasteiger partial charge in [-0.25, -0.2) is 9.37 Å². The van der Waals surface area contributed by atoms with Crippen LogP contribution in [0.1, 0.15) is 23.4 Å². The maximum absolute atomic E-state index is 13.0. The topological polar surface area (TPSA) is 58.4 Å². The Bertz CT molecular complexity index is 869. The number of benzene rings is 1. The van der Waals surface area contributed by atoms with E-state index in [0.29, 0.717) is 18.8 Å². The number of anilines is 1. The van der Waals surface area contributed by atoms with Gasteiger partial charge in [0.1, 0.15) is 5.82 Å². The average Bonchev–Trinajstić information content (AvgIpc) is 3.35. The number of aromatic nitrogens is 1. The van der Waals surface area contributed by atoms with Crippen molar-refractivity contribution in [2.45, 2.75) is 18.9 Å². The standard InChI is InChI=1S/C19H18FN3O2S/c20-14-5-3-13(4-6-14)16-12-26-19(22-16)21-15-7-9-23(10-8-15)18(24)17-2-1-11-25-17/h1-6,11-12,15H,7-10H2,(H,21,22). The Balaban J connectivity index is 1.33. The second kappa shape index (κ2) is 7.29. The van der Waals surface area contributed by atoms with Crippen LogP contribution in [0.2, 0.25) is 0 Å². The molecule has 0 saturated carbocycles. The van der Waals surface area contributed by atoms with E-state index in [1.54, 1.807) is 24.3 Å². The first-order chi connectivity index (χ1) is 12.7. The molecular formula is C19H18FN3O2S. The van der Waals surface area contributed by atoms with E-state index in [9.17, 15) is 9.18 Å². The van der Waals surface area contributed by atoms with Gasteiger partial charge in [-0.15, -0.1) is 11.3 Å². The molecule has 7 heteroatoms. The van der Waals surface area contributed by atoms with Crippen LogP contribution in [0.5, 0.6) is 0 Å². The number of furan rings is 1. The van der Waals surface area contributed by atoms with E-state index < -0.39 is 0 Å². The van der Waals surface area contributed by atoms with Gasteiger partial charge in [0.2, 0.25) is 0 Å². The fraction of sp³-hybridized carbons (Fsp3) is 0.263. The molecule has 0 bridgehead atoms. The van der Waals surface area contributed by atoms with Gasteiger partial charge >= 0.3 is 0 Å². The van der Waals surface area contributed by atoms with E-state index in [4.69, 9.17) is 4.42 Å². The lowest BCUT2D eigenvalue weighted by atomic mass is 10.1. The minimum atomic E-state index is -0.252. The number of nitrogens with zero attached hydrogens (tertiary/aromatic N) is 2. The number of carbonyl (C=O) groups excluding carboxylic acids is 1. The predicted octanol–water partition coefficient (Wildman–Crippen LogP) is 4.26. The highest BCUT2D eigenvalue weighted by atomic mass is 32.1. The fourth-order valence-corrected chi connectivity index (χ4v) is 3.85. The summed E-state index contributed by atoms with van der Waals surface area (Å²) in [5.41, 5.74) is 1.73. The molecule has 3 heterocycles. The summed E-state index contributed by atoms with van der Waals surface area (Å²) in [6.45, 7) is 1.38. The first kappa shape index (κ1) is 16.8. The van der Waals surface area contributed by atoms with Crippen molar-refractivity contribution in [3.05, 3.63) is 59.6 Å². The highest BCUT2D eigenvalue weighted by Crippen LogP contribution is 2.27. The fourth-order valence-electron chi connectivity index (χ4n) is 3.05. The van der Waals surface area contributed by atoms with Crippen molar-refractivity contribution in [3.8, 4) is 11.3 Å². The van der Waals surface area contributed by atoms with Gasteiger partial charge in [0, 0.05) is 30.1 Å². The minimum absolute atomic E-state index is 0.0544. The van der Waals surface area contributed by atoms with E-state index >= 15 is 0 Å². The first-order valence-corrected chi connectivity index (χ1v) is 9.38. The lowest BCUT2D eigenvalue weighted by Gasteiger charge is -2.31. The number of piperidine rings is 1. The van der Waals surface area contributed by atoms with Crippen LogP contribution in [0, 0.1) is 5.82 Å². The summed E-state index contributed by atoms with van der Waals surface area (Å²) in [5, 5.41) is 6.26. The van der Waals surface area contributed by atoms with Crippen molar-refractivity contribution >= 4 is 22.4 Å². The summed E-state index contributed by atoms with van der Waals surface area (Å²) >= 11 is 1.54. The molecule has 0 unspecified atom stereocenters. The number of likely N-dealkylation sites (tertiary alicyclic amines) is 1. The number of thiazole rings is 1. The van der Waals surface area contributed by atoms with Gasteiger partial charge in [0.15, 0.2) is 10.9 Å². The van der Waals surface area contributed by atoms with Crippen molar-refractivity contribution in [1.82, 2.24) is 9.88 Å². The zero-order valence-electron chi connectivity index (χ0n) is 14.0. The summed E-state index contributed by atoms with van der Waals surface area (Å²) in [6.07, 6.45) is 3.23. The molecule has 1 saturated heterocycles. The zero-order valence-corrected chi connectivity index (χ0v) is 14.8. The molecule has 1 N–H and O–H groups in total. The number of hydrogen-bond acceptors (Lipinski definition) is 5. The van der Waals surface area contributed by atoms with Gasteiger partial charge in [-0.1, -0.05) is 0 Å². The molecule has 26 heavy (non-hydrogen) atoms. The quantitative estimate of drug-likeness (QED) is 0.744. The highest BCUT2D eigenvalue weighted by molar-refractivity contribution is 7.14. The maximum atomic E-state index is 13.0. The Morgan fingerprint density at radius 1 is 1.23 bits per heavy atom. The Kier molecular flexibility index (Phi) is 4.71. The summed E-state index contributed by atoms with van der Waals surface area (Å²) in [6, 6.07) is 10.0. The van der Waals surface area contributed by atoms with Crippen molar-refractivity contribution in [3.63, 3.8) is 0 Å². The maximum Gasteiger partial charge on any atom is 0.289 e. The zero-order chi connectivity index (χ0) is 17.9. The van der Waals surface area contributed by atoms with Crippen molar-refractivity contribution in [2.75, 3.05) is 18.4 Å². The van der Waals surface area contributed by atoms with Crippen LogP contribution in [0.4, 0.5) is 9.52 Å². The summed E-state index contributed by atoms with van der Waals surface area (Å²) < 4.78 is 18.2. The number of halogens is 1. The summed E-state index contributed by atoms with van der Waals surface area (Å²) in [5.74, 6) is 0.0831. The van der Waals surface area contributed by atoms with Gasteiger partial charge in [-0.2, -0.15) is 0 Å². The molecule has 0 atom stereocenters. The van der Waals surface area contributed by atoms with Gasteiger partial charge in [0.25, 0.3) is 5.91 Å². The highest BCUT2D eigenvalue weighted by Gasteiger charge is 2.25. The van der Waals surface area contributed by atoms with Gasteiger partial charge in [0.05, 0.1) is 12.0 Å². The van der Waals surface area contributed by atoms with Crippen LogP contribution >= 0.6 is 11.3 Å². The van der Waals surface area contributed by atoms with E-state index in [1.807, 2.05) is 10.3 Å². The van der Waals surface area contributed by atoms with Crippen LogP contribution in [-0.2, 0) is 0 Å². The number of nitrogens with one attached hydrogen (secondary N) is 1. The lowest BCUT2D eigenvalue weighted by molar-refractivity contribution is 0.0686. The predicted molar refractivity (Wildman–Crippen MR) is 98.8 cm³/mol. The van der Waals surface area contributed by atoms with Gasteiger partial charge < -0.3 is 14.6 Å². The molecule has 1 aliphatic rings. The Labute approximate surface area is 154 Å². The van der Waals surface area contributed by atoms with Crippen LogP contribution in [-0.4, -0.2) is 34.9 Å². The SMILES string of the molecule is O=C(c1ccco1)N1CCC(Nc2nc(-c3ccc(F)cc3)cs2)CC1. The van der Waals surface area contributed by atoms with Crippen molar-refractivity contribution in [2.24, 2.45) is 0 Å². The molecule has 2 aromatic heterocycles. The largest absolute Gasteiger partial charge is 0.459 e. The molecule has 3 aromatic rings. The third-order valence-corrected chi connectivity index (χ3v) is 5.26. The Morgan fingerprint density at radius 2 is 2.00 bits per heavy atom. The second-order valence-corrected chi connectivity index (χ2v) is 7.09. The molecule has 134 valence electrons. The molecule has 0 aliphatic carbocycles.